The van der Waals surface area contributed by atoms with Crippen molar-refractivity contribution in [2.24, 2.45) is 0 Å². The molecule has 0 bridgehead atoms. The molecule has 4 nitrogen and oxygen atoms in total. The van der Waals surface area contributed by atoms with Crippen LogP contribution in [-0.2, 0) is 0 Å². The van der Waals surface area contributed by atoms with Gasteiger partial charge in [0.2, 0.25) is 0 Å². The summed E-state index contributed by atoms with van der Waals surface area (Å²) in [6.07, 6.45) is 4.57. The average Bonchev–Trinajstić information content (AvgIpc) is 2.77. The molecule has 2 heterocycles. The average molecular weight is 194 g/mol. The van der Waals surface area contributed by atoms with E-state index >= 15 is 0 Å². The second-order valence-electron chi connectivity index (χ2n) is 3.89. The fraction of sp³-hybridized carbons (Fsp3) is 0.700. The first-order valence-electron chi connectivity index (χ1n) is 5.32. The lowest BCUT2D eigenvalue weighted by atomic mass is 10.4. The van der Waals surface area contributed by atoms with Gasteiger partial charge in [-0.15, -0.1) is 0 Å². The Morgan fingerprint density at radius 2 is 2.29 bits per heavy atom. The van der Waals surface area contributed by atoms with E-state index in [0.29, 0.717) is 0 Å². The molecule has 0 amide bonds. The number of anilines is 1. The fourth-order valence-electron chi connectivity index (χ4n) is 1.84. The summed E-state index contributed by atoms with van der Waals surface area (Å²) in [7, 11) is 0. The molecule has 0 unspecified atom stereocenters. The Hall–Kier alpha value is -1.03. The molecule has 14 heavy (non-hydrogen) atoms. The number of hydrogen-bond acceptors (Lipinski definition) is 3. The molecule has 1 aliphatic rings. The summed E-state index contributed by atoms with van der Waals surface area (Å²) >= 11 is 0. The van der Waals surface area contributed by atoms with E-state index in [1.54, 1.807) is 0 Å². The van der Waals surface area contributed by atoms with E-state index in [-0.39, 0.29) is 0 Å². The minimum Gasteiger partial charge on any atom is -0.355 e. The molecule has 78 valence electrons. The third-order valence-corrected chi connectivity index (χ3v) is 2.62. The van der Waals surface area contributed by atoms with Crippen LogP contribution in [0, 0.1) is 6.92 Å². The van der Waals surface area contributed by atoms with Crippen LogP contribution in [0.5, 0.6) is 0 Å². The van der Waals surface area contributed by atoms with Crippen LogP contribution in [0.4, 0.5) is 5.95 Å². The number of aromatic nitrogens is 2. The van der Waals surface area contributed by atoms with Gasteiger partial charge in [0, 0.05) is 25.0 Å². The third-order valence-electron chi connectivity index (χ3n) is 2.62. The number of rotatable bonds is 4. The Morgan fingerprint density at radius 3 is 2.93 bits per heavy atom. The van der Waals surface area contributed by atoms with Crippen molar-refractivity contribution in [3.8, 4) is 0 Å². The predicted molar refractivity (Wildman–Crippen MR) is 57.5 cm³/mol. The quantitative estimate of drug-likeness (QED) is 0.757. The van der Waals surface area contributed by atoms with Gasteiger partial charge in [-0.2, -0.15) is 0 Å². The second-order valence-corrected chi connectivity index (χ2v) is 3.89. The normalized spacial score (nSPS) is 17.5. The van der Waals surface area contributed by atoms with Gasteiger partial charge < -0.3 is 15.2 Å². The monoisotopic (exact) mass is 194 g/mol. The Morgan fingerprint density at radius 1 is 1.50 bits per heavy atom. The number of nitrogens with one attached hydrogen (secondary N) is 2. The first-order chi connectivity index (χ1) is 6.84. The number of aromatic amines is 1. The zero-order valence-corrected chi connectivity index (χ0v) is 8.71. The number of hydrogen-bond donors (Lipinski definition) is 2. The minimum absolute atomic E-state index is 0.890. The van der Waals surface area contributed by atoms with Crippen LogP contribution < -0.4 is 5.32 Å². The van der Waals surface area contributed by atoms with Crippen LogP contribution in [0.1, 0.15) is 18.5 Å². The third kappa shape index (κ3) is 2.48. The van der Waals surface area contributed by atoms with Crippen molar-refractivity contribution < 1.29 is 0 Å². The lowest BCUT2D eigenvalue weighted by molar-refractivity contribution is 0.352. The van der Waals surface area contributed by atoms with Gasteiger partial charge in [0.05, 0.1) is 0 Å². The van der Waals surface area contributed by atoms with Crippen LogP contribution in [0.25, 0.3) is 0 Å². The summed E-state index contributed by atoms with van der Waals surface area (Å²) in [6, 6.07) is 0. The number of H-pyrrole nitrogens is 1. The lowest BCUT2D eigenvalue weighted by Crippen LogP contribution is -2.26. The van der Waals surface area contributed by atoms with E-state index in [4.69, 9.17) is 0 Å². The molecule has 1 fully saturated rings. The Bertz CT molecular complexity index is 275. The second kappa shape index (κ2) is 4.46. The molecule has 1 aromatic rings. The van der Waals surface area contributed by atoms with Gasteiger partial charge in [-0.1, -0.05) is 0 Å². The minimum atomic E-state index is 0.890. The molecule has 4 heteroatoms. The van der Waals surface area contributed by atoms with Crippen molar-refractivity contribution in [2.45, 2.75) is 19.8 Å². The fourth-order valence-corrected chi connectivity index (χ4v) is 1.84. The summed E-state index contributed by atoms with van der Waals surface area (Å²) in [5, 5.41) is 3.28. The Labute approximate surface area is 84.7 Å². The highest BCUT2D eigenvalue weighted by Gasteiger charge is 2.10. The number of imidazole rings is 1. The standard InChI is InChI=1S/C10H18N4/c1-9-8-12-10(13-9)11-4-7-14-5-2-3-6-14/h8H,2-7H2,1H3,(H2,11,12,13). The van der Waals surface area contributed by atoms with Crippen molar-refractivity contribution in [3.63, 3.8) is 0 Å². The molecule has 1 saturated heterocycles. The largest absolute Gasteiger partial charge is 0.355 e. The van der Waals surface area contributed by atoms with Crippen molar-refractivity contribution in [1.82, 2.24) is 14.9 Å². The molecule has 0 saturated carbocycles. The summed E-state index contributed by atoms with van der Waals surface area (Å²) in [6.45, 7) is 6.64. The lowest BCUT2D eigenvalue weighted by Gasteiger charge is -2.14. The van der Waals surface area contributed by atoms with Crippen molar-refractivity contribution in [3.05, 3.63) is 11.9 Å². The zero-order valence-electron chi connectivity index (χ0n) is 8.71. The van der Waals surface area contributed by atoms with Crippen LogP contribution >= 0.6 is 0 Å². The van der Waals surface area contributed by atoms with E-state index in [2.05, 4.69) is 20.2 Å². The highest BCUT2D eigenvalue weighted by atomic mass is 15.2. The molecular formula is C10H18N4. The van der Waals surface area contributed by atoms with Gasteiger partial charge in [-0.25, -0.2) is 4.98 Å². The summed E-state index contributed by atoms with van der Waals surface area (Å²) in [5.74, 6) is 0.890. The maximum Gasteiger partial charge on any atom is 0.200 e. The zero-order chi connectivity index (χ0) is 9.80. The molecule has 1 aliphatic heterocycles. The van der Waals surface area contributed by atoms with Gasteiger partial charge in [0.15, 0.2) is 5.95 Å². The summed E-state index contributed by atoms with van der Waals surface area (Å²) in [4.78, 5) is 9.84. The van der Waals surface area contributed by atoms with E-state index in [1.165, 1.54) is 25.9 Å². The van der Waals surface area contributed by atoms with Crippen LogP contribution in [0.2, 0.25) is 0 Å². The molecule has 2 N–H and O–H groups in total. The number of likely N-dealkylation sites (tertiary alicyclic amines) is 1. The molecule has 2 rings (SSSR count). The van der Waals surface area contributed by atoms with E-state index < -0.39 is 0 Å². The van der Waals surface area contributed by atoms with Crippen LogP contribution in [0.3, 0.4) is 0 Å². The predicted octanol–water partition coefficient (Wildman–Crippen LogP) is 1.23. The van der Waals surface area contributed by atoms with E-state index in [9.17, 15) is 0 Å². The summed E-state index contributed by atoms with van der Waals surface area (Å²) in [5.41, 5.74) is 1.11. The number of nitrogens with zero attached hydrogens (tertiary/aromatic N) is 2. The maximum absolute atomic E-state index is 4.19. The SMILES string of the molecule is Cc1cnc(NCCN2CCCC2)[nH]1. The highest BCUT2D eigenvalue weighted by Crippen LogP contribution is 2.06. The first-order valence-corrected chi connectivity index (χ1v) is 5.32. The molecule has 1 aromatic heterocycles. The highest BCUT2D eigenvalue weighted by molar-refractivity contribution is 5.25. The first kappa shape index (κ1) is 9.52. The number of aryl methyl sites for hydroxylation is 1. The van der Waals surface area contributed by atoms with Gasteiger partial charge in [0.25, 0.3) is 0 Å². The van der Waals surface area contributed by atoms with E-state index in [0.717, 1.165) is 24.7 Å². The summed E-state index contributed by atoms with van der Waals surface area (Å²) < 4.78 is 0. The van der Waals surface area contributed by atoms with Crippen LogP contribution in [0.15, 0.2) is 6.20 Å². The van der Waals surface area contributed by atoms with Gasteiger partial charge in [-0.05, 0) is 32.9 Å². The van der Waals surface area contributed by atoms with Crippen molar-refractivity contribution in [1.29, 1.82) is 0 Å². The van der Waals surface area contributed by atoms with Crippen molar-refractivity contribution >= 4 is 5.95 Å². The molecule has 0 atom stereocenters. The molecule has 0 aromatic carbocycles. The molecule has 0 spiro atoms. The molecule has 0 radical (unpaired) electrons. The van der Waals surface area contributed by atoms with Crippen LogP contribution in [-0.4, -0.2) is 41.0 Å². The molecule has 0 aliphatic carbocycles. The van der Waals surface area contributed by atoms with Crippen molar-refractivity contribution in [2.75, 3.05) is 31.5 Å². The van der Waals surface area contributed by atoms with Gasteiger partial charge in [0.1, 0.15) is 0 Å². The topological polar surface area (TPSA) is 44.0 Å². The molecular weight excluding hydrogens is 176 g/mol. The van der Waals surface area contributed by atoms with E-state index in [1.807, 2.05) is 13.1 Å². The van der Waals surface area contributed by atoms with Gasteiger partial charge >= 0.3 is 0 Å². The Kier molecular flexibility index (Phi) is 3.03. The maximum atomic E-state index is 4.19. The Balaban J connectivity index is 1.67. The van der Waals surface area contributed by atoms with Gasteiger partial charge in [-0.3, -0.25) is 0 Å². The smallest absolute Gasteiger partial charge is 0.200 e.